The van der Waals surface area contributed by atoms with Crippen molar-refractivity contribution >= 4 is 68.3 Å². The summed E-state index contributed by atoms with van der Waals surface area (Å²) in [4.78, 5) is 4.13. The first kappa shape index (κ1) is 10.7. The van der Waals surface area contributed by atoms with Crippen LogP contribution in [-0.2, 0) is 0 Å². The predicted molar refractivity (Wildman–Crippen MR) is 69.5 cm³/mol. The smallest absolute Gasteiger partial charge is 0.0904 e. The zero-order valence-electron chi connectivity index (χ0n) is 6.69. The minimum absolute atomic E-state index is 0.442. The first-order valence-electron chi connectivity index (χ1n) is 3.68. The van der Waals surface area contributed by atoms with E-state index in [0.29, 0.717) is 20.6 Å². The molecular formula is C9H3Cl3IN. The molecule has 14 heavy (non-hydrogen) atoms. The molecule has 0 radical (unpaired) electrons. The van der Waals surface area contributed by atoms with Crippen molar-refractivity contribution in [3.05, 3.63) is 37.0 Å². The SMILES string of the molecule is Clc1cnc2c(Cl)cc(I)cc2c1Cl. The van der Waals surface area contributed by atoms with Gasteiger partial charge in [-0.05, 0) is 34.7 Å². The monoisotopic (exact) mass is 357 g/mol. The van der Waals surface area contributed by atoms with E-state index in [2.05, 4.69) is 27.6 Å². The standard InChI is InChI=1S/C9H3Cl3IN/c10-6-2-4(13)1-5-8(12)7(11)3-14-9(5)6/h1-3H. The van der Waals surface area contributed by atoms with Crippen LogP contribution in [0.3, 0.4) is 0 Å². The largest absolute Gasteiger partial charge is 0.253 e. The van der Waals surface area contributed by atoms with Gasteiger partial charge in [-0.15, -0.1) is 0 Å². The van der Waals surface area contributed by atoms with Gasteiger partial charge in [-0.3, -0.25) is 4.98 Å². The Morgan fingerprint density at radius 2 is 1.79 bits per heavy atom. The lowest BCUT2D eigenvalue weighted by molar-refractivity contribution is 1.41. The van der Waals surface area contributed by atoms with Crippen molar-refractivity contribution in [2.24, 2.45) is 0 Å². The molecule has 0 N–H and O–H groups in total. The number of hydrogen-bond acceptors (Lipinski definition) is 1. The highest BCUT2D eigenvalue weighted by atomic mass is 127. The van der Waals surface area contributed by atoms with Crippen molar-refractivity contribution in [2.45, 2.75) is 0 Å². The predicted octanol–water partition coefficient (Wildman–Crippen LogP) is 4.80. The second-order valence-electron chi connectivity index (χ2n) is 2.70. The normalized spacial score (nSPS) is 10.9. The summed E-state index contributed by atoms with van der Waals surface area (Å²) in [5, 5.41) is 2.32. The molecule has 0 saturated carbocycles. The summed E-state index contributed by atoms with van der Waals surface area (Å²) in [7, 11) is 0. The molecule has 1 nitrogen and oxygen atoms in total. The zero-order chi connectivity index (χ0) is 10.3. The van der Waals surface area contributed by atoms with E-state index in [1.807, 2.05) is 12.1 Å². The van der Waals surface area contributed by atoms with Crippen molar-refractivity contribution in [2.75, 3.05) is 0 Å². The second-order valence-corrected chi connectivity index (χ2v) is 5.14. The van der Waals surface area contributed by atoms with E-state index >= 15 is 0 Å². The number of pyridine rings is 1. The molecule has 0 unspecified atom stereocenters. The van der Waals surface area contributed by atoms with E-state index in [9.17, 15) is 0 Å². The Bertz CT molecular complexity index is 513. The molecular weight excluding hydrogens is 355 g/mol. The molecule has 1 heterocycles. The number of nitrogens with zero attached hydrogens (tertiary/aromatic N) is 1. The van der Waals surface area contributed by atoms with Crippen molar-refractivity contribution in [1.82, 2.24) is 4.98 Å². The lowest BCUT2D eigenvalue weighted by atomic mass is 10.2. The lowest BCUT2D eigenvalue weighted by Crippen LogP contribution is -1.84. The van der Waals surface area contributed by atoms with Gasteiger partial charge in [-0.1, -0.05) is 34.8 Å². The summed E-state index contributed by atoms with van der Waals surface area (Å²) in [5.41, 5.74) is 0.682. The van der Waals surface area contributed by atoms with Gasteiger partial charge in [0, 0.05) is 15.2 Å². The molecule has 72 valence electrons. The third-order valence-electron chi connectivity index (χ3n) is 1.78. The Kier molecular flexibility index (Phi) is 3.07. The maximum atomic E-state index is 6.04. The van der Waals surface area contributed by atoms with E-state index < -0.39 is 0 Å². The third-order valence-corrected chi connectivity index (χ3v) is 3.48. The molecule has 0 aliphatic carbocycles. The van der Waals surface area contributed by atoms with Gasteiger partial charge < -0.3 is 0 Å². The molecule has 0 saturated heterocycles. The zero-order valence-corrected chi connectivity index (χ0v) is 11.1. The average Bonchev–Trinajstić information content (AvgIpc) is 2.12. The Labute approximate surface area is 110 Å². The van der Waals surface area contributed by atoms with Crippen molar-refractivity contribution < 1.29 is 0 Å². The molecule has 2 rings (SSSR count). The molecule has 0 bridgehead atoms. The van der Waals surface area contributed by atoms with Crippen molar-refractivity contribution in [3.8, 4) is 0 Å². The number of halogens is 4. The van der Waals surface area contributed by atoms with Crippen molar-refractivity contribution in [1.29, 1.82) is 0 Å². The van der Waals surface area contributed by atoms with Gasteiger partial charge in [-0.25, -0.2) is 0 Å². The molecule has 0 aliphatic rings. The Hall–Kier alpha value is 0.230. The van der Waals surface area contributed by atoms with Gasteiger partial charge in [0.15, 0.2) is 0 Å². The van der Waals surface area contributed by atoms with Crippen LogP contribution < -0.4 is 0 Å². The molecule has 5 heteroatoms. The fourth-order valence-corrected chi connectivity index (χ4v) is 2.59. The van der Waals surface area contributed by atoms with Crippen LogP contribution in [0.5, 0.6) is 0 Å². The van der Waals surface area contributed by atoms with E-state index in [0.717, 1.165) is 8.96 Å². The van der Waals surface area contributed by atoms with E-state index in [1.54, 1.807) is 0 Å². The van der Waals surface area contributed by atoms with Gasteiger partial charge in [0.2, 0.25) is 0 Å². The summed E-state index contributed by atoms with van der Waals surface area (Å²) in [5.74, 6) is 0. The van der Waals surface area contributed by atoms with Crippen LogP contribution >= 0.6 is 57.4 Å². The maximum Gasteiger partial charge on any atom is 0.0904 e. The van der Waals surface area contributed by atoms with Gasteiger partial charge in [-0.2, -0.15) is 0 Å². The summed E-state index contributed by atoms with van der Waals surface area (Å²) in [6, 6.07) is 3.74. The van der Waals surface area contributed by atoms with Gasteiger partial charge >= 0.3 is 0 Å². The minimum Gasteiger partial charge on any atom is -0.253 e. The van der Waals surface area contributed by atoms with Crippen LogP contribution in [0.25, 0.3) is 10.9 Å². The molecule has 1 aromatic heterocycles. The Morgan fingerprint density at radius 3 is 2.50 bits per heavy atom. The minimum atomic E-state index is 0.442. The molecule has 0 amide bonds. The molecule has 0 aliphatic heterocycles. The lowest BCUT2D eigenvalue weighted by Gasteiger charge is -2.04. The molecule has 2 aromatic rings. The first-order valence-corrected chi connectivity index (χ1v) is 5.89. The maximum absolute atomic E-state index is 6.04. The molecule has 0 atom stereocenters. The molecule has 1 aromatic carbocycles. The summed E-state index contributed by atoms with van der Waals surface area (Å²) >= 11 is 20.1. The van der Waals surface area contributed by atoms with Gasteiger partial charge in [0.05, 0.1) is 20.6 Å². The third kappa shape index (κ3) is 1.81. The fourth-order valence-electron chi connectivity index (χ4n) is 1.17. The number of benzene rings is 1. The quantitative estimate of drug-likeness (QED) is 0.617. The highest BCUT2D eigenvalue weighted by Gasteiger charge is 2.08. The topological polar surface area (TPSA) is 12.9 Å². The number of aromatic nitrogens is 1. The average molecular weight is 358 g/mol. The van der Waals surface area contributed by atoms with Crippen molar-refractivity contribution in [3.63, 3.8) is 0 Å². The van der Waals surface area contributed by atoms with Crippen LogP contribution in [0.4, 0.5) is 0 Å². The number of rotatable bonds is 0. The van der Waals surface area contributed by atoms with Gasteiger partial charge in [0.25, 0.3) is 0 Å². The van der Waals surface area contributed by atoms with Crippen LogP contribution in [0, 0.1) is 3.57 Å². The van der Waals surface area contributed by atoms with Gasteiger partial charge in [0.1, 0.15) is 0 Å². The van der Waals surface area contributed by atoms with Crippen LogP contribution in [0.15, 0.2) is 18.3 Å². The summed E-state index contributed by atoms with van der Waals surface area (Å²) in [6.45, 7) is 0. The molecule has 0 fully saturated rings. The van der Waals surface area contributed by atoms with Crippen LogP contribution in [-0.4, -0.2) is 4.98 Å². The highest BCUT2D eigenvalue weighted by molar-refractivity contribution is 14.1. The van der Waals surface area contributed by atoms with Crippen LogP contribution in [0.2, 0.25) is 15.1 Å². The van der Waals surface area contributed by atoms with E-state index in [1.165, 1.54) is 6.20 Å². The number of hydrogen-bond donors (Lipinski definition) is 0. The van der Waals surface area contributed by atoms with E-state index in [4.69, 9.17) is 34.8 Å². The fraction of sp³-hybridized carbons (Fsp3) is 0. The summed E-state index contributed by atoms with van der Waals surface area (Å²) in [6.07, 6.45) is 1.50. The molecule has 0 spiro atoms. The Morgan fingerprint density at radius 1 is 1.07 bits per heavy atom. The van der Waals surface area contributed by atoms with E-state index in [-0.39, 0.29) is 0 Å². The highest BCUT2D eigenvalue weighted by Crippen LogP contribution is 2.33. The second kappa shape index (κ2) is 4.00. The van der Waals surface area contributed by atoms with Crippen LogP contribution in [0.1, 0.15) is 0 Å². The number of fused-ring (bicyclic) bond motifs is 1. The first-order chi connectivity index (χ1) is 6.59. The summed E-state index contributed by atoms with van der Waals surface area (Å²) < 4.78 is 1.01. The Balaban J connectivity index is 2.95.